The molecule has 3 unspecified atom stereocenters. The van der Waals surface area contributed by atoms with Crippen LogP contribution in [0.25, 0.3) is 0 Å². The number of nitrogens with one attached hydrogen (secondary N) is 1. The minimum atomic E-state index is -0.463. The van der Waals surface area contributed by atoms with Gasteiger partial charge in [-0.15, -0.1) is 0 Å². The van der Waals surface area contributed by atoms with E-state index in [0.29, 0.717) is 12.6 Å². The molecule has 1 saturated heterocycles. The molecule has 0 aromatic heterocycles. The quantitative estimate of drug-likeness (QED) is 0.882. The Morgan fingerprint density at radius 2 is 2.12 bits per heavy atom. The average Bonchev–Trinajstić information content (AvgIpc) is 2.45. The summed E-state index contributed by atoms with van der Waals surface area (Å²) in [4.78, 5) is 14.1. The predicted molar refractivity (Wildman–Crippen MR) is 95.1 cm³/mol. The van der Waals surface area contributed by atoms with Crippen molar-refractivity contribution in [3.05, 3.63) is 29.8 Å². The van der Waals surface area contributed by atoms with Gasteiger partial charge in [0, 0.05) is 24.7 Å². The van der Waals surface area contributed by atoms with Crippen molar-refractivity contribution in [2.45, 2.75) is 71.2 Å². The fourth-order valence-corrected chi connectivity index (χ4v) is 3.16. The van der Waals surface area contributed by atoms with Crippen molar-refractivity contribution in [2.75, 3.05) is 6.54 Å². The van der Waals surface area contributed by atoms with E-state index in [2.05, 4.69) is 19.2 Å². The van der Waals surface area contributed by atoms with Crippen molar-refractivity contribution in [1.29, 1.82) is 0 Å². The van der Waals surface area contributed by atoms with Gasteiger partial charge in [0.1, 0.15) is 11.4 Å². The van der Waals surface area contributed by atoms with Crippen molar-refractivity contribution in [3.63, 3.8) is 0 Å². The Labute approximate surface area is 145 Å². The van der Waals surface area contributed by atoms with Crippen LogP contribution in [-0.4, -0.2) is 40.3 Å². The molecular formula is C19H30N2O3. The van der Waals surface area contributed by atoms with Crippen LogP contribution in [0.1, 0.15) is 59.1 Å². The zero-order valence-corrected chi connectivity index (χ0v) is 15.4. The molecule has 3 atom stereocenters. The third-order valence-electron chi connectivity index (χ3n) is 4.36. The fraction of sp³-hybridized carbons (Fsp3) is 0.632. The minimum absolute atomic E-state index is 0.141. The van der Waals surface area contributed by atoms with Crippen molar-refractivity contribution in [1.82, 2.24) is 10.2 Å². The lowest BCUT2D eigenvalue weighted by molar-refractivity contribution is 0.00905. The van der Waals surface area contributed by atoms with E-state index < -0.39 is 5.60 Å². The lowest BCUT2D eigenvalue weighted by Gasteiger charge is -2.39. The van der Waals surface area contributed by atoms with Crippen LogP contribution >= 0.6 is 0 Å². The highest BCUT2D eigenvalue weighted by atomic mass is 16.6. The summed E-state index contributed by atoms with van der Waals surface area (Å²) in [5.74, 6) is 0.286. The molecule has 1 aromatic rings. The summed E-state index contributed by atoms with van der Waals surface area (Å²) in [5, 5.41) is 13.2. The number of hydrogen-bond donors (Lipinski definition) is 2. The van der Waals surface area contributed by atoms with Gasteiger partial charge >= 0.3 is 6.09 Å². The van der Waals surface area contributed by atoms with Gasteiger partial charge in [-0.2, -0.15) is 0 Å². The van der Waals surface area contributed by atoms with E-state index in [1.807, 2.05) is 37.8 Å². The first-order chi connectivity index (χ1) is 11.2. The van der Waals surface area contributed by atoms with E-state index in [9.17, 15) is 9.90 Å². The van der Waals surface area contributed by atoms with Gasteiger partial charge in [0.05, 0.1) is 0 Å². The lowest BCUT2D eigenvalue weighted by atomic mass is 9.97. The van der Waals surface area contributed by atoms with Crippen LogP contribution in [0.15, 0.2) is 24.3 Å². The highest BCUT2D eigenvalue weighted by Crippen LogP contribution is 2.24. The number of piperidine rings is 1. The maximum absolute atomic E-state index is 12.3. The summed E-state index contributed by atoms with van der Waals surface area (Å²) in [6.07, 6.45) is 1.56. The van der Waals surface area contributed by atoms with E-state index in [1.165, 1.54) is 0 Å². The Bertz CT molecular complexity index is 568. The number of likely N-dealkylation sites (tertiary alicyclic amines) is 1. The number of rotatable bonds is 3. The Morgan fingerprint density at radius 1 is 1.42 bits per heavy atom. The molecule has 1 amide bonds. The molecule has 1 fully saturated rings. The summed E-state index contributed by atoms with van der Waals surface area (Å²) in [6.45, 7) is 10.5. The third kappa shape index (κ3) is 5.13. The Balaban J connectivity index is 1.90. The molecular weight excluding hydrogens is 304 g/mol. The molecule has 1 aromatic carbocycles. The molecule has 0 spiro atoms. The summed E-state index contributed by atoms with van der Waals surface area (Å²) in [5.41, 5.74) is 0.604. The second-order valence-electron chi connectivity index (χ2n) is 7.73. The van der Waals surface area contributed by atoms with Crippen molar-refractivity contribution >= 4 is 6.09 Å². The minimum Gasteiger partial charge on any atom is -0.508 e. The van der Waals surface area contributed by atoms with E-state index in [1.54, 1.807) is 12.1 Å². The Morgan fingerprint density at radius 3 is 2.71 bits per heavy atom. The normalized spacial score (nSPS) is 23.0. The third-order valence-corrected chi connectivity index (χ3v) is 4.36. The van der Waals surface area contributed by atoms with Gasteiger partial charge in [-0.3, -0.25) is 0 Å². The molecule has 2 N–H and O–H groups in total. The molecule has 1 aliphatic rings. The number of aromatic hydroxyl groups is 1. The number of ether oxygens (including phenoxy) is 1. The first-order valence-corrected chi connectivity index (χ1v) is 8.70. The monoisotopic (exact) mass is 334 g/mol. The highest BCUT2D eigenvalue weighted by molar-refractivity contribution is 5.68. The SMILES string of the molecule is CC(NC1CCN(C(=O)OC(C)(C)C)C(C)C1)c1cccc(O)c1. The van der Waals surface area contributed by atoms with Crippen molar-refractivity contribution < 1.29 is 14.6 Å². The van der Waals surface area contributed by atoms with Gasteiger partial charge in [-0.25, -0.2) is 4.79 Å². The van der Waals surface area contributed by atoms with Crippen molar-refractivity contribution in [2.24, 2.45) is 0 Å². The summed E-state index contributed by atoms with van der Waals surface area (Å²) in [7, 11) is 0. The highest BCUT2D eigenvalue weighted by Gasteiger charge is 2.32. The molecule has 5 nitrogen and oxygen atoms in total. The van der Waals surface area contributed by atoms with Crippen LogP contribution in [0.2, 0.25) is 0 Å². The molecule has 0 aliphatic carbocycles. The molecule has 5 heteroatoms. The van der Waals surface area contributed by atoms with Gasteiger partial charge < -0.3 is 20.1 Å². The van der Waals surface area contributed by atoms with Gasteiger partial charge in [0.15, 0.2) is 0 Å². The molecule has 1 heterocycles. The molecule has 134 valence electrons. The van der Waals surface area contributed by atoms with Gasteiger partial charge in [-0.1, -0.05) is 12.1 Å². The topological polar surface area (TPSA) is 61.8 Å². The molecule has 0 radical (unpaired) electrons. The van der Waals surface area contributed by atoms with Gasteiger partial charge in [0.2, 0.25) is 0 Å². The number of nitrogens with zero attached hydrogens (tertiary/aromatic N) is 1. The van der Waals surface area contributed by atoms with Crippen molar-refractivity contribution in [3.8, 4) is 5.75 Å². The number of carbonyl (C=O) groups excluding carboxylic acids is 1. The summed E-state index contributed by atoms with van der Waals surface area (Å²) < 4.78 is 5.49. The first kappa shape index (κ1) is 18.6. The predicted octanol–water partition coefficient (Wildman–Crippen LogP) is 3.83. The van der Waals surface area contributed by atoms with Gasteiger partial charge in [0.25, 0.3) is 0 Å². The van der Waals surface area contributed by atoms with E-state index in [0.717, 1.165) is 18.4 Å². The fourth-order valence-electron chi connectivity index (χ4n) is 3.16. The maximum Gasteiger partial charge on any atom is 0.410 e. The molecule has 1 aliphatic heterocycles. The zero-order valence-electron chi connectivity index (χ0n) is 15.4. The molecule has 0 bridgehead atoms. The number of phenols is 1. The second-order valence-corrected chi connectivity index (χ2v) is 7.73. The number of amides is 1. The van der Waals surface area contributed by atoms with Crippen LogP contribution in [0, 0.1) is 0 Å². The molecule has 0 saturated carbocycles. The van der Waals surface area contributed by atoms with Crippen LogP contribution < -0.4 is 5.32 Å². The van der Waals surface area contributed by atoms with E-state index >= 15 is 0 Å². The average molecular weight is 334 g/mol. The van der Waals surface area contributed by atoms with Crippen LogP contribution in [0.4, 0.5) is 4.79 Å². The second kappa shape index (κ2) is 7.43. The largest absolute Gasteiger partial charge is 0.508 e. The molecule has 2 rings (SSSR count). The van der Waals surface area contributed by atoms with Gasteiger partial charge in [-0.05, 0) is 65.2 Å². The number of benzene rings is 1. The van der Waals surface area contributed by atoms with Crippen LogP contribution in [0.5, 0.6) is 5.75 Å². The molecule has 24 heavy (non-hydrogen) atoms. The van der Waals surface area contributed by atoms with E-state index in [-0.39, 0.29) is 23.9 Å². The van der Waals surface area contributed by atoms with Crippen LogP contribution in [-0.2, 0) is 4.74 Å². The number of hydrogen-bond acceptors (Lipinski definition) is 4. The summed E-state index contributed by atoms with van der Waals surface area (Å²) in [6, 6.07) is 7.97. The zero-order chi connectivity index (χ0) is 17.9. The smallest absolute Gasteiger partial charge is 0.410 e. The maximum atomic E-state index is 12.3. The Hall–Kier alpha value is -1.75. The first-order valence-electron chi connectivity index (χ1n) is 8.70. The van der Waals surface area contributed by atoms with E-state index in [4.69, 9.17) is 4.74 Å². The summed E-state index contributed by atoms with van der Waals surface area (Å²) >= 11 is 0. The van der Waals surface area contributed by atoms with Crippen LogP contribution in [0.3, 0.4) is 0 Å². The Kier molecular flexibility index (Phi) is 5.75. The standard InChI is InChI=1S/C19H30N2O3/c1-13-11-16(9-10-21(13)18(23)24-19(3,4)5)20-14(2)15-7-6-8-17(22)12-15/h6-8,12-14,16,20,22H,9-11H2,1-5H3. The lowest BCUT2D eigenvalue weighted by Crippen LogP contribution is -2.51. The number of carbonyl (C=O) groups is 1. The number of phenolic OH excluding ortho intramolecular Hbond substituents is 1.